The summed E-state index contributed by atoms with van der Waals surface area (Å²) < 4.78 is 15.4. The summed E-state index contributed by atoms with van der Waals surface area (Å²) >= 11 is 0. The molecule has 0 N–H and O–H groups in total. The first-order valence-corrected chi connectivity index (χ1v) is 14.4. The fourth-order valence-corrected chi connectivity index (χ4v) is 11.7. The van der Waals surface area contributed by atoms with Gasteiger partial charge in [-0.1, -0.05) is 83.5 Å². The van der Waals surface area contributed by atoms with Crippen molar-refractivity contribution in [2.75, 3.05) is 4.90 Å². The topological polar surface area (TPSA) is 54.5 Å². The average molecular weight is 490 g/mol. The van der Waals surface area contributed by atoms with Crippen LogP contribution in [0.2, 0.25) is 0 Å². The summed E-state index contributed by atoms with van der Waals surface area (Å²) in [4.78, 5) is 28.8. The van der Waals surface area contributed by atoms with Crippen LogP contribution in [0.3, 0.4) is 0 Å². The maximum Gasteiger partial charge on any atom is 0.238 e. The first-order valence-electron chi connectivity index (χ1n) is 12.6. The van der Waals surface area contributed by atoms with E-state index in [-0.39, 0.29) is 22.6 Å². The number of fused-ring (bicyclic) bond motifs is 5. The third-order valence-corrected chi connectivity index (χ3v) is 12.4. The third-order valence-electron chi connectivity index (χ3n) is 8.20. The van der Waals surface area contributed by atoms with E-state index in [4.69, 9.17) is 0 Å². The van der Waals surface area contributed by atoms with Gasteiger partial charge in [0.1, 0.15) is 7.14 Å². The van der Waals surface area contributed by atoms with Gasteiger partial charge in [-0.2, -0.15) is 0 Å². The molecule has 0 radical (unpaired) electrons. The van der Waals surface area contributed by atoms with Crippen LogP contribution < -0.4 is 10.2 Å². The van der Waals surface area contributed by atoms with Gasteiger partial charge in [-0.3, -0.25) is 9.59 Å². The molecule has 0 saturated carbocycles. The van der Waals surface area contributed by atoms with Crippen molar-refractivity contribution >= 4 is 29.9 Å². The first kappa shape index (κ1) is 24.3. The van der Waals surface area contributed by atoms with Crippen molar-refractivity contribution in [2.45, 2.75) is 77.5 Å². The Bertz CT molecular complexity index is 1330. The van der Waals surface area contributed by atoms with Gasteiger partial charge in [0, 0.05) is 11.0 Å². The van der Waals surface area contributed by atoms with Crippen molar-refractivity contribution in [1.82, 2.24) is 0 Å². The fraction of sp³-hybridized carbons (Fsp3) is 0.467. The second-order valence-electron chi connectivity index (χ2n) is 12.6. The zero-order valence-electron chi connectivity index (χ0n) is 22.0. The number of aryl methyl sites for hydroxylation is 1. The van der Waals surface area contributed by atoms with Crippen LogP contribution in [0.15, 0.2) is 54.1 Å². The summed E-state index contributed by atoms with van der Waals surface area (Å²) in [5.74, 6) is -1.52. The molecule has 2 aromatic carbocycles. The molecule has 2 bridgehead atoms. The number of carbonyl (C=O) groups is 2. The standard InChI is InChI=1S/C30H36NO3P/c1-17-14-19(29(3,4)5)16-21(30(6,7)8)25(17)35(34)22-15-18(2)26(35)24-23(22)27(32)31(28(24)33)20-12-10-9-11-13-20/h9-16,22-24,26H,1-8H3/t22-,23+,24+,26+,35?/m0/s1. The minimum atomic E-state index is -3.12. The molecule has 1 unspecified atom stereocenters. The zero-order valence-corrected chi connectivity index (χ0v) is 22.9. The van der Waals surface area contributed by atoms with Crippen LogP contribution in [0.25, 0.3) is 0 Å². The maximum absolute atomic E-state index is 15.4. The molecular formula is C30H36NO3P. The molecule has 2 aromatic rings. The predicted molar refractivity (Wildman–Crippen MR) is 143 cm³/mol. The van der Waals surface area contributed by atoms with Gasteiger partial charge in [-0.15, -0.1) is 0 Å². The molecule has 5 heteroatoms. The third kappa shape index (κ3) is 3.29. The molecule has 2 saturated heterocycles. The number of imide groups is 1. The second kappa shape index (κ2) is 7.53. The Morgan fingerprint density at radius 1 is 0.829 bits per heavy atom. The number of benzene rings is 2. The molecule has 5 atom stereocenters. The lowest BCUT2D eigenvalue weighted by molar-refractivity contribution is -0.122. The number of rotatable bonds is 2. The molecule has 4 nitrogen and oxygen atoms in total. The second-order valence-corrected chi connectivity index (χ2v) is 15.7. The molecule has 0 spiro atoms. The van der Waals surface area contributed by atoms with Gasteiger partial charge in [0.2, 0.25) is 11.8 Å². The molecule has 0 aliphatic carbocycles. The molecular weight excluding hydrogens is 453 g/mol. The Kier molecular flexibility index (Phi) is 5.22. The summed E-state index contributed by atoms with van der Waals surface area (Å²) in [5.41, 5.74) is 3.81. The highest BCUT2D eigenvalue weighted by Crippen LogP contribution is 2.75. The Labute approximate surface area is 209 Å². The Morgan fingerprint density at radius 3 is 2.00 bits per heavy atom. The summed E-state index contributed by atoms with van der Waals surface area (Å²) in [5, 5.41) is 0.905. The van der Waals surface area contributed by atoms with Crippen LogP contribution in [0, 0.1) is 18.8 Å². The summed E-state index contributed by atoms with van der Waals surface area (Å²) in [6.07, 6.45) is 2.05. The van der Waals surface area contributed by atoms with E-state index in [1.165, 1.54) is 10.5 Å². The molecule has 2 amide bonds. The number of para-hydroxylation sites is 1. The number of carbonyl (C=O) groups excluding carboxylic acids is 2. The van der Waals surface area contributed by atoms with Gasteiger partial charge in [0.15, 0.2) is 0 Å². The summed E-state index contributed by atoms with van der Waals surface area (Å²) in [6.45, 7) is 17.1. The van der Waals surface area contributed by atoms with Crippen molar-refractivity contribution in [3.8, 4) is 0 Å². The summed E-state index contributed by atoms with van der Waals surface area (Å²) in [7, 11) is -3.12. The molecule has 184 valence electrons. The molecule has 0 aromatic heterocycles. The monoisotopic (exact) mass is 489 g/mol. The normalized spacial score (nSPS) is 30.2. The predicted octanol–water partition coefficient (Wildman–Crippen LogP) is 6.09. The number of nitrogens with zero attached hydrogens (tertiary/aromatic N) is 1. The maximum atomic E-state index is 15.4. The SMILES string of the molecule is CC1=C[C@H]2[C@H]3C(=O)N(c4ccccc4)C(=O)[C@H]3[C@@H]1P2(=O)c1c(C)cc(C(C)(C)C)cc1C(C)(C)C. The van der Waals surface area contributed by atoms with Crippen LogP contribution in [0.4, 0.5) is 5.69 Å². The van der Waals surface area contributed by atoms with Gasteiger partial charge < -0.3 is 4.57 Å². The minimum absolute atomic E-state index is 0.0424. The van der Waals surface area contributed by atoms with Crippen LogP contribution in [-0.2, 0) is 25.0 Å². The number of amides is 2. The van der Waals surface area contributed by atoms with Gasteiger partial charge in [0.05, 0.1) is 23.2 Å². The van der Waals surface area contributed by atoms with E-state index in [0.29, 0.717) is 5.69 Å². The van der Waals surface area contributed by atoms with Crippen molar-refractivity contribution in [1.29, 1.82) is 0 Å². The highest BCUT2D eigenvalue weighted by molar-refractivity contribution is 7.74. The molecule has 3 heterocycles. The number of allylic oxidation sites excluding steroid dienone is 2. The van der Waals surface area contributed by atoms with Crippen molar-refractivity contribution in [2.24, 2.45) is 11.8 Å². The molecule has 5 rings (SSSR count). The molecule has 35 heavy (non-hydrogen) atoms. The molecule has 3 aliphatic heterocycles. The van der Waals surface area contributed by atoms with E-state index < -0.39 is 30.3 Å². The van der Waals surface area contributed by atoms with Crippen molar-refractivity contribution in [3.63, 3.8) is 0 Å². The van der Waals surface area contributed by atoms with E-state index >= 15 is 4.57 Å². The van der Waals surface area contributed by atoms with E-state index in [2.05, 4.69) is 66.7 Å². The lowest BCUT2D eigenvalue weighted by atomic mass is 9.79. The lowest BCUT2D eigenvalue weighted by Crippen LogP contribution is -2.36. The quantitative estimate of drug-likeness (QED) is 0.291. The van der Waals surface area contributed by atoms with E-state index in [0.717, 1.165) is 22.0 Å². The molecule has 3 aliphatic rings. The number of hydrogen-bond donors (Lipinski definition) is 0. The smallest absolute Gasteiger partial charge is 0.238 e. The zero-order chi connectivity index (χ0) is 25.7. The highest BCUT2D eigenvalue weighted by atomic mass is 31.2. The van der Waals surface area contributed by atoms with Crippen LogP contribution in [0.5, 0.6) is 0 Å². The number of anilines is 1. The Morgan fingerprint density at radius 2 is 1.43 bits per heavy atom. The van der Waals surface area contributed by atoms with Crippen LogP contribution in [0.1, 0.15) is 65.2 Å². The minimum Gasteiger partial charge on any atom is -0.317 e. The number of hydrogen-bond acceptors (Lipinski definition) is 3. The first-order chi connectivity index (χ1) is 16.2. The van der Waals surface area contributed by atoms with Gasteiger partial charge in [-0.05, 0) is 53.5 Å². The van der Waals surface area contributed by atoms with Crippen molar-refractivity contribution in [3.05, 3.63) is 70.8 Å². The van der Waals surface area contributed by atoms with E-state index in [1.807, 2.05) is 25.1 Å². The van der Waals surface area contributed by atoms with Gasteiger partial charge in [0.25, 0.3) is 0 Å². The Balaban J connectivity index is 1.69. The summed E-state index contributed by atoms with van der Waals surface area (Å²) in [6, 6.07) is 13.5. The Hall–Kier alpha value is -2.45. The van der Waals surface area contributed by atoms with Crippen LogP contribution in [-0.4, -0.2) is 23.1 Å². The fourth-order valence-electron chi connectivity index (χ4n) is 6.60. The largest absolute Gasteiger partial charge is 0.317 e. The van der Waals surface area contributed by atoms with Crippen molar-refractivity contribution < 1.29 is 14.2 Å². The lowest BCUT2D eigenvalue weighted by Gasteiger charge is -2.34. The van der Waals surface area contributed by atoms with Crippen LogP contribution >= 0.6 is 7.14 Å². The highest BCUT2D eigenvalue weighted by Gasteiger charge is 2.71. The van der Waals surface area contributed by atoms with E-state index in [9.17, 15) is 9.59 Å². The van der Waals surface area contributed by atoms with Gasteiger partial charge >= 0.3 is 0 Å². The average Bonchev–Trinajstić information content (AvgIpc) is 3.27. The van der Waals surface area contributed by atoms with E-state index in [1.54, 1.807) is 12.1 Å². The van der Waals surface area contributed by atoms with Gasteiger partial charge in [-0.25, -0.2) is 4.90 Å². The molecule has 2 fully saturated rings.